The molecule has 4 aromatic rings. The predicted octanol–water partition coefficient (Wildman–Crippen LogP) is 4.18. The highest BCUT2D eigenvalue weighted by Gasteiger charge is 2.24. The summed E-state index contributed by atoms with van der Waals surface area (Å²) < 4.78 is 6.14. The Morgan fingerprint density at radius 2 is 1.78 bits per heavy atom. The summed E-state index contributed by atoms with van der Waals surface area (Å²) in [4.78, 5) is 18.4. The quantitative estimate of drug-likeness (QED) is 0.234. The first-order valence-electron chi connectivity index (χ1n) is 14.3. The number of fused-ring (bicyclic) bond motifs is 1. The summed E-state index contributed by atoms with van der Waals surface area (Å²) in [6, 6.07) is 20.0. The number of primary amides is 1. The van der Waals surface area contributed by atoms with Crippen molar-refractivity contribution in [3.8, 4) is 17.6 Å². The van der Waals surface area contributed by atoms with Crippen molar-refractivity contribution in [3.05, 3.63) is 100 Å². The molecular weight excluding hydrogens is 512 g/mol. The summed E-state index contributed by atoms with van der Waals surface area (Å²) in [5.74, 6) is 5.96. The molecule has 0 spiro atoms. The highest BCUT2D eigenvalue weighted by atomic mass is 16.5. The van der Waals surface area contributed by atoms with E-state index in [4.69, 9.17) is 10.5 Å². The second-order valence-electron chi connectivity index (χ2n) is 10.9. The zero-order valence-electron chi connectivity index (χ0n) is 23.7. The maximum atomic E-state index is 12.6. The number of nitrogens with two attached hydrogens (primary N) is 1. The number of hydrogen-bond acceptors (Lipinski definition) is 5. The number of aromatic nitrogens is 1. The van der Waals surface area contributed by atoms with E-state index in [9.17, 15) is 9.90 Å². The van der Waals surface area contributed by atoms with Gasteiger partial charge in [-0.25, -0.2) is 0 Å². The number of piperazine rings is 1. The van der Waals surface area contributed by atoms with Gasteiger partial charge in [0.1, 0.15) is 5.75 Å². The number of para-hydroxylation sites is 1. The molecule has 0 radical (unpaired) electrons. The third-order valence-electron chi connectivity index (χ3n) is 7.46. The van der Waals surface area contributed by atoms with Gasteiger partial charge in [0.25, 0.3) is 5.91 Å². The SMILES string of the molecule is CC(C)Oc1c(C(N)=O)cc(C#Cc2ccc(CN3CCNCC3)cc2)cc1[C@H](CO)Cc1c[nH]c2ccccc12. The summed E-state index contributed by atoms with van der Waals surface area (Å²) in [7, 11) is 0. The molecular formula is C34H38N4O3. The Balaban J connectivity index is 1.46. The molecule has 2 heterocycles. The van der Waals surface area contributed by atoms with E-state index in [1.165, 1.54) is 5.56 Å². The average Bonchev–Trinajstić information content (AvgIpc) is 3.39. The third-order valence-corrected chi connectivity index (χ3v) is 7.46. The zero-order valence-corrected chi connectivity index (χ0v) is 23.7. The van der Waals surface area contributed by atoms with E-state index in [1.54, 1.807) is 6.07 Å². The van der Waals surface area contributed by atoms with Gasteiger partial charge < -0.3 is 25.9 Å². The van der Waals surface area contributed by atoms with Crippen LogP contribution in [-0.2, 0) is 13.0 Å². The second-order valence-corrected chi connectivity index (χ2v) is 10.9. The summed E-state index contributed by atoms with van der Waals surface area (Å²) in [6.45, 7) is 8.77. The van der Waals surface area contributed by atoms with Gasteiger partial charge in [-0.3, -0.25) is 9.69 Å². The van der Waals surface area contributed by atoms with E-state index in [-0.39, 0.29) is 24.2 Å². The van der Waals surface area contributed by atoms with E-state index in [2.05, 4.69) is 45.2 Å². The Bertz CT molecular complexity index is 1560. The highest BCUT2D eigenvalue weighted by molar-refractivity contribution is 5.96. The van der Waals surface area contributed by atoms with Gasteiger partial charge in [-0.2, -0.15) is 0 Å². The van der Waals surface area contributed by atoms with E-state index in [1.807, 2.05) is 56.4 Å². The van der Waals surface area contributed by atoms with Gasteiger partial charge in [0.15, 0.2) is 0 Å². The number of rotatable bonds is 9. The van der Waals surface area contributed by atoms with Gasteiger partial charge in [0.05, 0.1) is 18.3 Å². The van der Waals surface area contributed by atoms with Gasteiger partial charge in [-0.1, -0.05) is 42.2 Å². The molecule has 1 aliphatic heterocycles. The molecule has 5 N–H and O–H groups in total. The maximum Gasteiger partial charge on any atom is 0.252 e. The zero-order chi connectivity index (χ0) is 28.8. The van der Waals surface area contributed by atoms with Gasteiger partial charge >= 0.3 is 0 Å². The van der Waals surface area contributed by atoms with Crippen LogP contribution in [-0.4, -0.2) is 59.8 Å². The minimum absolute atomic E-state index is 0.127. The van der Waals surface area contributed by atoms with Crippen LogP contribution >= 0.6 is 0 Å². The van der Waals surface area contributed by atoms with Crippen molar-refractivity contribution in [2.45, 2.75) is 38.8 Å². The van der Waals surface area contributed by atoms with E-state index >= 15 is 0 Å². The van der Waals surface area contributed by atoms with Crippen molar-refractivity contribution in [3.63, 3.8) is 0 Å². The number of hydrogen-bond donors (Lipinski definition) is 4. The Hall–Kier alpha value is -4.09. The number of aliphatic hydroxyl groups is 1. The number of benzene rings is 3. The molecule has 1 fully saturated rings. The minimum Gasteiger partial charge on any atom is -0.490 e. The van der Waals surface area contributed by atoms with Crippen LogP contribution in [0.4, 0.5) is 0 Å². The number of aliphatic hydroxyl groups excluding tert-OH is 1. The fraction of sp³-hybridized carbons (Fsp3) is 0.324. The summed E-state index contributed by atoms with van der Waals surface area (Å²) in [5, 5.41) is 15.0. The molecule has 0 saturated carbocycles. The molecule has 0 bridgehead atoms. The number of carbonyl (C=O) groups is 1. The number of aromatic amines is 1. The van der Waals surface area contributed by atoms with Crippen LogP contribution in [0.15, 0.2) is 66.9 Å². The van der Waals surface area contributed by atoms with Crippen molar-refractivity contribution in [1.29, 1.82) is 0 Å². The van der Waals surface area contributed by atoms with Crippen molar-refractivity contribution in [1.82, 2.24) is 15.2 Å². The number of nitrogens with zero attached hydrogens (tertiary/aromatic N) is 1. The van der Waals surface area contributed by atoms with Crippen LogP contribution < -0.4 is 15.8 Å². The molecule has 1 amide bonds. The van der Waals surface area contributed by atoms with E-state index < -0.39 is 5.91 Å². The predicted molar refractivity (Wildman–Crippen MR) is 163 cm³/mol. The smallest absolute Gasteiger partial charge is 0.252 e. The topological polar surface area (TPSA) is 104 Å². The van der Waals surface area contributed by atoms with Crippen molar-refractivity contribution < 1.29 is 14.6 Å². The third kappa shape index (κ3) is 6.98. The van der Waals surface area contributed by atoms with Gasteiger partial charge in [-0.15, -0.1) is 0 Å². The van der Waals surface area contributed by atoms with Crippen LogP contribution in [0.1, 0.15) is 57.9 Å². The minimum atomic E-state index is -0.591. The second kappa shape index (κ2) is 13.0. The Labute approximate surface area is 241 Å². The van der Waals surface area contributed by atoms with Crippen LogP contribution in [0.25, 0.3) is 10.9 Å². The highest BCUT2D eigenvalue weighted by Crippen LogP contribution is 2.35. The fourth-order valence-corrected chi connectivity index (χ4v) is 5.38. The standard InChI is InChI=1S/C34H38N4O3/c1-23(2)41-33-30(28(22-39)19-27-20-37-32-6-4-3-5-29(27)32)17-26(18-31(33)34(35)40)12-9-24-7-10-25(11-8-24)21-38-15-13-36-14-16-38/h3-8,10-11,17-18,20,23,28,36-37,39H,13-16,19,21-22H2,1-2H3,(H2,35,40)/t28-/m0/s1. The van der Waals surface area contributed by atoms with Gasteiger partial charge in [-0.05, 0) is 61.7 Å². The van der Waals surface area contributed by atoms with E-state index in [0.29, 0.717) is 17.7 Å². The first-order chi connectivity index (χ1) is 19.9. The number of carbonyl (C=O) groups excluding carboxylic acids is 1. The maximum absolute atomic E-state index is 12.6. The molecule has 41 heavy (non-hydrogen) atoms. The Kier molecular flexibility index (Phi) is 9.05. The molecule has 7 nitrogen and oxygen atoms in total. The normalized spacial score (nSPS) is 14.5. The average molecular weight is 551 g/mol. The molecule has 3 aromatic carbocycles. The fourth-order valence-electron chi connectivity index (χ4n) is 5.38. The molecule has 1 atom stereocenters. The molecule has 5 rings (SSSR count). The number of H-pyrrole nitrogens is 1. The molecule has 1 saturated heterocycles. The molecule has 1 aliphatic rings. The van der Waals surface area contributed by atoms with Gasteiger partial charge in [0, 0.05) is 72.4 Å². The van der Waals surface area contributed by atoms with E-state index in [0.717, 1.165) is 60.3 Å². The van der Waals surface area contributed by atoms with Crippen LogP contribution in [0.5, 0.6) is 5.75 Å². The molecule has 7 heteroatoms. The lowest BCUT2D eigenvalue weighted by atomic mass is 9.88. The number of nitrogens with one attached hydrogen (secondary N) is 2. The molecule has 212 valence electrons. The van der Waals surface area contributed by atoms with Crippen LogP contribution in [0, 0.1) is 11.8 Å². The summed E-state index contributed by atoms with van der Waals surface area (Å²) in [5.41, 5.74) is 11.7. The van der Waals surface area contributed by atoms with Crippen LogP contribution in [0.3, 0.4) is 0 Å². The van der Waals surface area contributed by atoms with Crippen molar-refractivity contribution in [2.24, 2.45) is 5.73 Å². The summed E-state index contributed by atoms with van der Waals surface area (Å²) >= 11 is 0. The monoisotopic (exact) mass is 550 g/mol. The first kappa shape index (κ1) is 28.4. The van der Waals surface area contributed by atoms with Crippen molar-refractivity contribution in [2.75, 3.05) is 32.8 Å². The molecule has 1 aromatic heterocycles. The Morgan fingerprint density at radius 3 is 2.49 bits per heavy atom. The molecule has 0 unspecified atom stereocenters. The lowest BCUT2D eigenvalue weighted by Crippen LogP contribution is -2.42. The van der Waals surface area contributed by atoms with Crippen molar-refractivity contribution >= 4 is 16.8 Å². The first-order valence-corrected chi connectivity index (χ1v) is 14.3. The molecule has 0 aliphatic carbocycles. The lowest BCUT2D eigenvalue weighted by molar-refractivity contribution is 0.0994. The summed E-state index contributed by atoms with van der Waals surface area (Å²) in [6.07, 6.45) is 2.34. The number of amides is 1. The largest absolute Gasteiger partial charge is 0.490 e. The Morgan fingerprint density at radius 1 is 1.05 bits per heavy atom. The number of ether oxygens (including phenoxy) is 1. The lowest BCUT2D eigenvalue weighted by Gasteiger charge is -2.27. The van der Waals surface area contributed by atoms with Gasteiger partial charge in [0.2, 0.25) is 0 Å². The van der Waals surface area contributed by atoms with Crippen LogP contribution in [0.2, 0.25) is 0 Å².